The molecular weight excluding hydrogens is 440 g/mol. The molecule has 5 nitrogen and oxygen atoms in total. The van der Waals surface area contributed by atoms with Gasteiger partial charge in [-0.05, 0) is 35.7 Å². The van der Waals surface area contributed by atoms with Gasteiger partial charge in [-0.25, -0.2) is 8.42 Å². The van der Waals surface area contributed by atoms with Crippen molar-refractivity contribution in [1.82, 2.24) is 4.31 Å². The van der Waals surface area contributed by atoms with E-state index in [2.05, 4.69) is 5.32 Å². The van der Waals surface area contributed by atoms with Crippen molar-refractivity contribution in [2.75, 3.05) is 11.9 Å². The first-order valence-corrected chi connectivity index (χ1v) is 12.9. The summed E-state index contributed by atoms with van der Waals surface area (Å²) >= 11 is 1.58. The van der Waals surface area contributed by atoms with Gasteiger partial charge in [0, 0.05) is 29.7 Å². The third kappa shape index (κ3) is 5.41. The molecule has 0 aromatic heterocycles. The Morgan fingerprint density at radius 2 is 1.62 bits per heavy atom. The van der Waals surface area contributed by atoms with Crippen molar-refractivity contribution in [3.05, 3.63) is 90.0 Å². The van der Waals surface area contributed by atoms with Crippen LogP contribution in [-0.4, -0.2) is 30.4 Å². The monoisotopic (exact) mass is 466 g/mol. The smallest absolute Gasteiger partial charge is 0.243 e. The van der Waals surface area contributed by atoms with Crippen molar-refractivity contribution in [3.63, 3.8) is 0 Å². The number of fused-ring (bicyclic) bond motifs is 1. The number of benzene rings is 3. The van der Waals surface area contributed by atoms with Crippen molar-refractivity contribution < 1.29 is 13.2 Å². The van der Waals surface area contributed by atoms with Crippen molar-refractivity contribution in [1.29, 1.82) is 0 Å². The molecule has 1 N–H and O–H groups in total. The lowest BCUT2D eigenvalue weighted by atomic mass is 10.1. The van der Waals surface area contributed by atoms with Gasteiger partial charge in [-0.2, -0.15) is 4.31 Å². The topological polar surface area (TPSA) is 66.5 Å². The van der Waals surface area contributed by atoms with Gasteiger partial charge in [0.05, 0.1) is 10.6 Å². The summed E-state index contributed by atoms with van der Waals surface area (Å²) in [5.41, 5.74) is 2.57. The molecule has 1 aliphatic heterocycles. The standard InChI is InChI=1S/C25H26N2O3S2/c1-19-16-25(28)26-23-17-22(12-13-24(23)31-19)32(29,30)27(18-21-10-6-3-7-11-21)15-14-20-8-4-2-5-9-20/h2-13,17,19H,14-16,18H2,1H3,(H,26,28)/t19-/m1/s1. The van der Waals surface area contributed by atoms with E-state index in [1.54, 1.807) is 30.0 Å². The van der Waals surface area contributed by atoms with Crippen LogP contribution >= 0.6 is 11.8 Å². The Morgan fingerprint density at radius 1 is 0.969 bits per heavy atom. The Morgan fingerprint density at radius 3 is 2.31 bits per heavy atom. The van der Waals surface area contributed by atoms with Gasteiger partial charge in [0.15, 0.2) is 0 Å². The summed E-state index contributed by atoms with van der Waals surface area (Å²) in [5, 5.41) is 3.01. The molecule has 1 amide bonds. The molecule has 0 fully saturated rings. The summed E-state index contributed by atoms with van der Waals surface area (Å²) < 4.78 is 28.9. The molecule has 0 radical (unpaired) electrons. The second-order valence-electron chi connectivity index (χ2n) is 7.90. The third-order valence-electron chi connectivity index (χ3n) is 5.36. The van der Waals surface area contributed by atoms with Crippen molar-refractivity contribution in [2.24, 2.45) is 0 Å². The molecule has 3 aromatic carbocycles. The molecule has 0 aliphatic carbocycles. The lowest BCUT2D eigenvalue weighted by Gasteiger charge is -2.23. The zero-order valence-corrected chi connectivity index (χ0v) is 19.5. The van der Waals surface area contributed by atoms with Crippen LogP contribution in [0.5, 0.6) is 0 Å². The minimum absolute atomic E-state index is 0.0940. The van der Waals surface area contributed by atoms with Gasteiger partial charge in [-0.1, -0.05) is 67.6 Å². The maximum Gasteiger partial charge on any atom is 0.243 e. The van der Waals surface area contributed by atoms with Crippen LogP contribution in [0.4, 0.5) is 5.69 Å². The number of hydrogen-bond donors (Lipinski definition) is 1. The molecule has 7 heteroatoms. The molecule has 0 saturated carbocycles. The van der Waals surface area contributed by atoms with Crippen LogP contribution in [0.1, 0.15) is 24.5 Å². The van der Waals surface area contributed by atoms with Crippen molar-refractivity contribution >= 4 is 33.4 Å². The van der Waals surface area contributed by atoms with E-state index in [4.69, 9.17) is 0 Å². The minimum Gasteiger partial charge on any atom is -0.325 e. The van der Waals surface area contributed by atoms with E-state index in [-0.39, 0.29) is 22.6 Å². The van der Waals surface area contributed by atoms with Gasteiger partial charge in [0.2, 0.25) is 15.9 Å². The normalized spacial score (nSPS) is 16.3. The molecule has 166 valence electrons. The van der Waals surface area contributed by atoms with E-state index in [0.29, 0.717) is 25.1 Å². The predicted molar refractivity (Wildman–Crippen MR) is 129 cm³/mol. The summed E-state index contributed by atoms with van der Waals surface area (Å²) in [6, 6.07) is 24.5. The number of rotatable bonds is 7. The van der Waals surface area contributed by atoms with E-state index in [9.17, 15) is 13.2 Å². The Kier molecular flexibility index (Phi) is 6.98. The van der Waals surface area contributed by atoms with E-state index in [0.717, 1.165) is 16.0 Å². The zero-order valence-electron chi connectivity index (χ0n) is 17.9. The minimum atomic E-state index is -3.77. The fraction of sp³-hybridized carbons (Fsp3) is 0.240. The van der Waals surface area contributed by atoms with Crippen LogP contribution in [0.2, 0.25) is 0 Å². The number of thioether (sulfide) groups is 1. The maximum absolute atomic E-state index is 13.7. The molecule has 4 rings (SSSR count). The Bertz CT molecular complexity index is 1180. The maximum atomic E-state index is 13.7. The zero-order chi connectivity index (χ0) is 22.6. The van der Waals surface area contributed by atoms with Crippen LogP contribution in [0.3, 0.4) is 0 Å². The molecule has 3 aromatic rings. The van der Waals surface area contributed by atoms with Crippen molar-refractivity contribution in [2.45, 2.75) is 41.4 Å². The molecule has 1 atom stereocenters. The van der Waals surface area contributed by atoms with E-state index >= 15 is 0 Å². The first-order valence-electron chi connectivity index (χ1n) is 10.6. The highest BCUT2D eigenvalue weighted by Crippen LogP contribution is 2.36. The summed E-state index contributed by atoms with van der Waals surface area (Å²) in [4.78, 5) is 13.2. The number of nitrogens with one attached hydrogen (secondary N) is 1. The molecule has 0 spiro atoms. The molecule has 1 aliphatic rings. The quantitative estimate of drug-likeness (QED) is 0.535. The van der Waals surface area contributed by atoms with Crippen LogP contribution < -0.4 is 5.32 Å². The summed E-state index contributed by atoms with van der Waals surface area (Å²) in [6.45, 7) is 2.64. The highest BCUT2D eigenvalue weighted by atomic mass is 32.2. The summed E-state index contributed by atoms with van der Waals surface area (Å²) in [7, 11) is -3.77. The number of amides is 1. The Balaban J connectivity index is 1.65. The lowest BCUT2D eigenvalue weighted by molar-refractivity contribution is -0.116. The van der Waals surface area contributed by atoms with Gasteiger partial charge in [-0.3, -0.25) is 4.79 Å². The molecule has 0 saturated heterocycles. The number of carbonyl (C=O) groups excluding carboxylic acids is 1. The predicted octanol–water partition coefficient (Wildman–Crippen LogP) is 4.94. The van der Waals surface area contributed by atoms with Gasteiger partial charge in [-0.15, -0.1) is 11.8 Å². The van der Waals surface area contributed by atoms with Gasteiger partial charge < -0.3 is 5.32 Å². The Labute approximate surface area is 193 Å². The molecule has 1 heterocycles. The average Bonchev–Trinajstić information content (AvgIpc) is 2.93. The first-order chi connectivity index (χ1) is 15.4. The first kappa shape index (κ1) is 22.6. The second kappa shape index (κ2) is 9.90. The van der Waals surface area contributed by atoms with Gasteiger partial charge in [0.1, 0.15) is 0 Å². The number of nitrogens with zero attached hydrogens (tertiary/aromatic N) is 1. The van der Waals surface area contributed by atoms with Crippen LogP contribution in [0.25, 0.3) is 0 Å². The summed E-state index contributed by atoms with van der Waals surface area (Å²) in [6.07, 6.45) is 1.01. The Hall–Kier alpha value is -2.61. The van der Waals surface area contributed by atoms with E-state index in [1.165, 1.54) is 4.31 Å². The number of sulfonamides is 1. The highest BCUT2D eigenvalue weighted by Gasteiger charge is 2.27. The number of hydrogen-bond acceptors (Lipinski definition) is 4. The van der Waals surface area contributed by atoms with Crippen molar-refractivity contribution in [3.8, 4) is 0 Å². The van der Waals surface area contributed by atoms with E-state index in [1.807, 2.05) is 67.6 Å². The lowest BCUT2D eigenvalue weighted by Crippen LogP contribution is -2.32. The SMILES string of the molecule is C[C@@H]1CC(=O)Nc2cc(S(=O)(=O)N(CCc3ccccc3)Cc3ccccc3)ccc2S1. The van der Waals surface area contributed by atoms with Gasteiger partial charge >= 0.3 is 0 Å². The van der Waals surface area contributed by atoms with Crippen LogP contribution in [0.15, 0.2) is 88.7 Å². The molecule has 32 heavy (non-hydrogen) atoms. The molecule has 0 bridgehead atoms. The number of anilines is 1. The average molecular weight is 467 g/mol. The third-order valence-corrected chi connectivity index (χ3v) is 8.38. The number of carbonyl (C=O) groups is 1. The van der Waals surface area contributed by atoms with Crippen LogP contribution in [-0.2, 0) is 27.8 Å². The largest absolute Gasteiger partial charge is 0.325 e. The highest BCUT2D eigenvalue weighted by molar-refractivity contribution is 8.00. The fourth-order valence-electron chi connectivity index (χ4n) is 3.71. The van der Waals surface area contributed by atoms with E-state index < -0.39 is 10.0 Å². The van der Waals surface area contributed by atoms with Gasteiger partial charge in [0.25, 0.3) is 0 Å². The molecule has 0 unspecified atom stereocenters. The van der Waals surface area contributed by atoms with Crippen LogP contribution in [0, 0.1) is 0 Å². The summed E-state index contributed by atoms with van der Waals surface area (Å²) in [5.74, 6) is -0.0940. The second-order valence-corrected chi connectivity index (χ2v) is 11.3. The fourth-order valence-corrected chi connectivity index (χ4v) is 6.22. The molecular formula is C25H26N2O3S2.